The van der Waals surface area contributed by atoms with E-state index in [4.69, 9.17) is 23.2 Å². The van der Waals surface area contributed by atoms with Crippen LogP contribution in [0.3, 0.4) is 0 Å². The van der Waals surface area contributed by atoms with Gasteiger partial charge in [-0.05, 0) is 74.0 Å². The van der Waals surface area contributed by atoms with Crippen LogP contribution in [0.25, 0.3) is 5.69 Å². The number of nitrogens with zero attached hydrogens (tertiary/aromatic N) is 6. The first kappa shape index (κ1) is 51.7. The van der Waals surface area contributed by atoms with Crippen molar-refractivity contribution < 1.29 is 94.6 Å². The number of hydrogen-bond acceptors (Lipinski definition) is 13. The van der Waals surface area contributed by atoms with Gasteiger partial charge in [-0.1, -0.05) is 68.2 Å². The summed E-state index contributed by atoms with van der Waals surface area (Å²) in [4.78, 5) is 27.7. The van der Waals surface area contributed by atoms with Crippen LogP contribution in [0.15, 0.2) is 100 Å². The minimum atomic E-state index is -4.82. The van der Waals surface area contributed by atoms with Crippen molar-refractivity contribution in [3.05, 3.63) is 117 Å². The molecule has 0 aliphatic carbocycles. The summed E-state index contributed by atoms with van der Waals surface area (Å²) in [5, 5.41) is 29.4. The van der Waals surface area contributed by atoms with Crippen molar-refractivity contribution in [2.45, 2.75) is 44.4 Å². The first-order valence-electron chi connectivity index (χ1n) is 17.7. The van der Waals surface area contributed by atoms with Gasteiger partial charge >= 0.3 is 59.1 Å². The molecule has 22 heteroatoms. The van der Waals surface area contributed by atoms with E-state index in [1.165, 1.54) is 28.9 Å². The molecule has 1 aromatic heterocycles. The van der Waals surface area contributed by atoms with Gasteiger partial charge in [-0.15, -0.1) is 10.2 Å². The van der Waals surface area contributed by atoms with E-state index in [9.17, 15) is 40.8 Å². The molecule has 5 rings (SSSR count). The summed E-state index contributed by atoms with van der Waals surface area (Å²) in [6.07, 6.45) is 0.0746. The SMILES string of the molecule is CCN(CCCS(=O)(=O)[O-])c1ccc(N=Nc2c(C#N)c(C(C)(C)C)nn2-c2c(Cl)cc(NC(=O)c3cccc(S(=O)(=O)[O-])c3)cc2Cl)c(NC(=O)c2ccccc2)c1.[Na+].[Na+]. The molecule has 16 nitrogen and oxygen atoms in total. The number of rotatable bonds is 14. The van der Waals surface area contributed by atoms with E-state index in [0.29, 0.717) is 23.5 Å². The van der Waals surface area contributed by atoms with Gasteiger partial charge in [0.2, 0.25) is 0 Å². The average molecular weight is 926 g/mol. The predicted octanol–water partition coefficient (Wildman–Crippen LogP) is 1.94. The van der Waals surface area contributed by atoms with Crippen LogP contribution in [0.1, 0.15) is 66.1 Å². The number of benzene rings is 4. The Labute approximate surface area is 407 Å². The number of nitrogens with one attached hydrogen (secondary N) is 2. The van der Waals surface area contributed by atoms with Crippen LogP contribution in [0.2, 0.25) is 10.0 Å². The van der Waals surface area contributed by atoms with Gasteiger partial charge in [-0.2, -0.15) is 10.4 Å². The average Bonchev–Trinajstić information content (AvgIpc) is 3.54. The van der Waals surface area contributed by atoms with Gasteiger partial charge in [0.05, 0.1) is 36.4 Å². The number of nitriles is 1. The quantitative estimate of drug-likeness (QED) is 0.0927. The van der Waals surface area contributed by atoms with E-state index in [0.717, 1.165) is 12.1 Å². The second-order valence-corrected chi connectivity index (χ2v) is 17.7. The van der Waals surface area contributed by atoms with Crippen LogP contribution in [0.4, 0.5) is 28.6 Å². The summed E-state index contributed by atoms with van der Waals surface area (Å²) in [7, 11) is -9.24. The number of hydrogen-bond donors (Lipinski definition) is 2. The van der Waals surface area contributed by atoms with Crippen molar-refractivity contribution in [2.24, 2.45) is 10.2 Å². The van der Waals surface area contributed by atoms with E-state index >= 15 is 0 Å². The largest absolute Gasteiger partial charge is 1.00 e. The fraction of sp³-hybridized carbons (Fsp3) is 0.231. The van der Waals surface area contributed by atoms with Crippen LogP contribution >= 0.6 is 23.2 Å². The Kier molecular flexibility index (Phi) is 18.3. The molecule has 0 atom stereocenters. The number of azo groups is 1. The van der Waals surface area contributed by atoms with Gasteiger partial charge in [0, 0.05) is 46.8 Å². The van der Waals surface area contributed by atoms with Crippen molar-refractivity contribution in [2.75, 3.05) is 34.4 Å². The Bertz CT molecular complexity index is 2700. The Morgan fingerprint density at radius 1 is 0.869 bits per heavy atom. The molecular formula is C39H36Cl2N8Na2O8S2. The molecule has 0 unspecified atom stereocenters. The number of aromatic nitrogens is 2. The van der Waals surface area contributed by atoms with Crippen molar-refractivity contribution >= 4 is 83.8 Å². The summed E-state index contributed by atoms with van der Waals surface area (Å²) >= 11 is 13.6. The van der Waals surface area contributed by atoms with Gasteiger partial charge in [0.25, 0.3) is 11.8 Å². The molecule has 0 aliphatic heterocycles. The second-order valence-electron chi connectivity index (χ2n) is 14.0. The van der Waals surface area contributed by atoms with Gasteiger partial charge < -0.3 is 24.6 Å². The van der Waals surface area contributed by atoms with Crippen LogP contribution in [-0.2, 0) is 25.7 Å². The third-order valence-electron chi connectivity index (χ3n) is 8.64. The van der Waals surface area contributed by atoms with E-state index in [2.05, 4.69) is 32.0 Å². The molecule has 0 saturated carbocycles. The smallest absolute Gasteiger partial charge is 0.748 e. The third kappa shape index (κ3) is 13.4. The molecule has 2 N–H and O–H groups in total. The molecule has 0 aliphatic rings. The van der Waals surface area contributed by atoms with E-state index in [-0.39, 0.29) is 122 Å². The Balaban J connectivity index is 0.00000496. The summed E-state index contributed by atoms with van der Waals surface area (Å²) in [5.41, 5.74) is 1.01. The zero-order valence-corrected chi connectivity index (χ0v) is 41.1. The van der Waals surface area contributed by atoms with Crippen LogP contribution < -0.4 is 74.6 Å². The standard InChI is InChI=1S/C39H38Cl2N8O8S2.2Na/c1-5-48(17-10-18-58(52,53)54)27-15-16-32(33(22-27)44-37(50)24-11-7-6-8-12-24)45-46-36-29(23-42)35(39(2,3)4)47-49(36)34-30(40)20-26(21-31(34)41)43-38(51)25-13-9-14-28(19-25)59(55,56)57;;/h6-9,11-16,19-22H,5,10,17-18H2,1-4H3,(H,43,51)(H,44,50)(H,52,53,54)(H,55,56,57);;/q;2*+1/p-2. The predicted molar refractivity (Wildman–Crippen MR) is 221 cm³/mol. The molecule has 0 saturated heterocycles. The Hall–Kier alpha value is -3.68. The number of carbonyl (C=O) groups is 2. The van der Waals surface area contributed by atoms with Crippen LogP contribution in [0.5, 0.6) is 0 Å². The van der Waals surface area contributed by atoms with Gasteiger partial charge in [-0.3, -0.25) is 9.59 Å². The van der Waals surface area contributed by atoms with Gasteiger partial charge in [0.1, 0.15) is 33.1 Å². The molecular weight excluding hydrogens is 889 g/mol. The molecule has 2 amide bonds. The third-order valence-corrected chi connectivity index (χ3v) is 10.8. The van der Waals surface area contributed by atoms with E-state index in [1.54, 1.807) is 48.5 Å². The van der Waals surface area contributed by atoms with Crippen molar-refractivity contribution in [3.63, 3.8) is 0 Å². The maximum atomic E-state index is 13.4. The van der Waals surface area contributed by atoms with Crippen molar-refractivity contribution in [1.29, 1.82) is 5.26 Å². The molecule has 5 aromatic rings. The van der Waals surface area contributed by atoms with E-state index < -0.39 is 48.1 Å². The molecule has 308 valence electrons. The summed E-state index contributed by atoms with van der Waals surface area (Å²) in [6.45, 7) is 8.01. The molecule has 0 radical (unpaired) electrons. The fourth-order valence-electron chi connectivity index (χ4n) is 5.82. The number of carbonyl (C=O) groups excluding carboxylic acids is 2. The molecule has 0 fully saturated rings. The molecule has 4 aromatic carbocycles. The maximum absolute atomic E-state index is 13.4. The Morgan fingerprint density at radius 3 is 2.07 bits per heavy atom. The number of amides is 2. The number of halogens is 2. The first-order chi connectivity index (χ1) is 27.7. The van der Waals surface area contributed by atoms with Gasteiger partial charge in [0.15, 0.2) is 5.82 Å². The van der Waals surface area contributed by atoms with E-state index in [1.807, 2.05) is 32.6 Å². The zero-order valence-electron chi connectivity index (χ0n) is 33.9. The van der Waals surface area contributed by atoms with Crippen molar-refractivity contribution in [1.82, 2.24) is 9.78 Å². The zero-order chi connectivity index (χ0) is 43.3. The normalized spacial score (nSPS) is 11.6. The second kappa shape index (κ2) is 21.6. The van der Waals surface area contributed by atoms with Crippen LogP contribution in [0, 0.1) is 11.3 Å². The molecule has 1 heterocycles. The summed E-state index contributed by atoms with van der Waals surface area (Å²) in [5.74, 6) is -1.85. The molecule has 61 heavy (non-hydrogen) atoms. The fourth-order valence-corrected chi connectivity index (χ4v) is 7.46. The molecule has 0 spiro atoms. The van der Waals surface area contributed by atoms with Crippen molar-refractivity contribution in [3.8, 4) is 11.8 Å². The van der Waals surface area contributed by atoms with Gasteiger partial charge in [-0.25, -0.2) is 21.5 Å². The minimum absolute atomic E-state index is 0. The maximum Gasteiger partial charge on any atom is 1.00 e. The van der Waals surface area contributed by atoms with Crippen LogP contribution in [-0.4, -0.2) is 66.4 Å². The molecule has 0 bridgehead atoms. The minimum Gasteiger partial charge on any atom is -0.748 e. The number of anilines is 3. The summed E-state index contributed by atoms with van der Waals surface area (Å²) < 4.78 is 69.5. The first-order valence-corrected chi connectivity index (χ1v) is 21.5. The topological polar surface area (TPSA) is 242 Å². The Morgan fingerprint density at radius 2 is 1.49 bits per heavy atom. The monoisotopic (exact) mass is 924 g/mol. The summed E-state index contributed by atoms with van der Waals surface area (Å²) in [6, 6.07) is 22.7.